The average molecular weight is 278 g/mol. The van der Waals surface area contributed by atoms with E-state index in [1.54, 1.807) is 12.1 Å². The predicted molar refractivity (Wildman–Crippen MR) is 78.1 cm³/mol. The van der Waals surface area contributed by atoms with Gasteiger partial charge < -0.3 is 4.74 Å². The minimum absolute atomic E-state index is 0.0784. The van der Waals surface area contributed by atoms with Crippen molar-refractivity contribution < 1.29 is 9.66 Å². The van der Waals surface area contributed by atoms with Gasteiger partial charge in [0, 0.05) is 24.7 Å². The number of piperidine rings is 1. The van der Waals surface area contributed by atoms with Crippen LogP contribution in [0.1, 0.15) is 33.6 Å². The Morgan fingerprint density at radius 2 is 1.95 bits per heavy atom. The Morgan fingerprint density at radius 1 is 1.30 bits per heavy atom. The zero-order chi connectivity index (χ0) is 14.8. The Hall–Kier alpha value is -1.62. The zero-order valence-corrected chi connectivity index (χ0v) is 12.3. The van der Waals surface area contributed by atoms with Crippen molar-refractivity contribution in [2.45, 2.75) is 45.3 Å². The second kappa shape index (κ2) is 5.79. The number of nitro benzene ring substituents is 1. The first-order valence-corrected chi connectivity index (χ1v) is 7.02. The molecule has 1 aromatic rings. The second-order valence-corrected chi connectivity index (χ2v) is 6.23. The minimum Gasteiger partial charge on any atom is -0.490 e. The average Bonchev–Trinajstić information content (AvgIpc) is 2.38. The number of rotatable bonds is 3. The molecule has 0 N–H and O–H groups in total. The monoisotopic (exact) mass is 278 g/mol. The molecule has 1 fully saturated rings. The van der Waals surface area contributed by atoms with Crippen molar-refractivity contribution in [3.05, 3.63) is 34.4 Å². The highest BCUT2D eigenvalue weighted by Crippen LogP contribution is 2.25. The van der Waals surface area contributed by atoms with Crippen molar-refractivity contribution in [3.63, 3.8) is 0 Å². The predicted octanol–water partition coefficient (Wildman–Crippen LogP) is 3.24. The molecule has 2 rings (SSSR count). The van der Waals surface area contributed by atoms with E-state index in [0.717, 1.165) is 25.9 Å². The zero-order valence-electron chi connectivity index (χ0n) is 12.3. The molecule has 0 amide bonds. The van der Waals surface area contributed by atoms with Crippen LogP contribution in [0.5, 0.6) is 5.75 Å². The van der Waals surface area contributed by atoms with Crippen molar-refractivity contribution in [1.29, 1.82) is 0 Å². The Morgan fingerprint density at radius 3 is 2.50 bits per heavy atom. The molecular formula is C15H22N2O3. The molecule has 0 radical (unpaired) electrons. The van der Waals surface area contributed by atoms with Crippen molar-refractivity contribution in [2.75, 3.05) is 13.1 Å². The minimum atomic E-state index is -0.394. The summed E-state index contributed by atoms with van der Waals surface area (Å²) < 4.78 is 5.88. The van der Waals surface area contributed by atoms with E-state index in [4.69, 9.17) is 4.74 Å². The van der Waals surface area contributed by atoms with E-state index < -0.39 is 4.92 Å². The number of ether oxygens (including phenoxy) is 1. The highest BCUT2D eigenvalue weighted by molar-refractivity contribution is 5.38. The first-order valence-electron chi connectivity index (χ1n) is 7.02. The molecule has 1 aliphatic heterocycles. The first kappa shape index (κ1) is 14.8. The SMILES string of the molecule is CC(C)(C)N1CCC(Oc2cccc([N+](=O)[O-])c2)CC1. The quantitative estimate of drug-likeness (QED) is 0.629. The molecule has 1 saturated heterocycles. The van der Waals surface area contributed by atoms with Gasteiger partial charge in [0.1, 0.15) is 11.9 Å². The third-order valence-electron chi connectivity index (χ3n) is 3.72. The molecular weight excluding hydrogens is 256 g/mol. The standard InChI is InChI=1S/C15H22N2O3/c1-15(2,3)16-9-7-13(8-10-16)20-14-6-4-5-12(11-14)17(18)19/h4-6,11,13H,7-10H2,1-3H3. The van der Waals surface area contributed by atoms with Crippen LogP contribution < -0.4 is 4.74 Å². The van der Waals surface area contributed by atoms with Gasteiger partial charge in [0.25, 0.3) is 5.69 Å². The molecule has 0 aromatic heterocycles. The molecule has 1 aliphatic rings. The number of hydrogen-bond donors (Lipinski definition) is 0. The molecule has 1 heterocycles. The van der Waals surface area contributed by atoms with Gasteiger partial charge in [-0.25, -0.2) is 0 Å². The highest BCUT2D eigenvalue weighted by Gasteiger charge is 2.27. The van der Waals surface area contributed by atoms with Crippen LogP contribution in [0, 0.1) is 10.1 Å². The normalized spacial score (nSPS) is 17.9. The third kappa shape index (κ3) is 3.70. The number of likely N-dealkylation sites (tertiary alicyclic amines) is 1. The lowest BCUT2D eigenvalue weighted by atomic mass is 9.99. The molecule has 20 heavy (non-hydrogen) atoms. The van der Waals surface area contributed by atoms with Crippen LogP contribution in [0.4, 0.5) is 5.69 Å². The molecule has 0 spiro atoms. The van der Waals surface area contributed by atoms with Crippen LogP contribution >= 0.6 is 0 Å². The summed E-state index contributed by atoms with van der Waals surface area (Å²) in [7, 11) is 0. The summed E-state index contributed by atoms with van der Waals surface area (Å²) in [5.74, 6) is 0.591. The van der Waals surface area contributed by atoms with Gasteiger partial charge in [0.2, 0.25) is 0 Å². The van der Waals surface area contributed by atoms with E-state index in [1.807, 2.05) is 0 Å². The van der Waals surface area contributed by atoms with Crippen LogP contribution in [-0.2, 0) is 0 Å². The van der Waals surface area contributed by atoms with E-state index in [2.05, 4.69) is 25.7 Å². The fourth-order valence-electron chi connectivity index (χ4n) is 2.51. The molecule has 110 valence electrons. The largest absolute Gasteiger partial charge is 0.490 e. The molecule has 1 aromatic carbocycles. The van der Waals surface area contributed by atoms with Crippen molar-refractivity contribution >= 4 is 5.69 Å². The Bertz CT molecular complexity index is 474. The van der Waals surface area contributed by atoms with Crippen molar-refractivity contribution in [2.24, 2.45) is 0 Å². The Kier molecular flexibility index (Phi) is 4.28. The first-order chi connectivity index (χ1) is 9.36. The van der Waals surface area contributed by atoms with Crippen LogP contribution in [0.25, 0.3) is 0 Å². The third-order valence-corrected chi connectivity index (χ3v) is 3.72. The van der Waals surface area contributed by atoms with Gasteiger partial charge in [-0.1, -0.05) is 6.07 Å². The Balaban J connectivity index is 1.93. The van der Waals surface area contributed by atoms with Gasteiger partial charge >= 0.3 is 0 Å². The van der Waals surface area contributed by atoms with E-state index in [0.29, 0.717) is 5.75 Å². The summed E-state index contributed by atoms with van der Waals surface area (Å²) >= 11 is 0. The van der Waals surface area contributed by atoms with Gasteiger partial charge in [-0.2, -0.15) is 0 Å². The van der Waals surface area contributed by atoms with Gasteiger partial charge in [0.15, 0.2) is 0 Å². The fraction of sp³-hybridized carbons (Fsp3) is 0.600. The highest BCUT2D eigenvalue weighted by atomic mass is 16.6. The number of hydrogen-bond acceptors (Lipinski definition) is 4. The summed E-state index contributed by atoms with van der Waals surface area (Å²) in [6.45, 7) is 8.66. The molecule has 0 bridgehead atoms. The molecule has 0 atom stereocenters. The second-order valence-electron chi connectivity index (χ2n) is 6.23. The lowest BCUT2D eigenvalue weighted by molar-refractivity contribution is -0.384. The maximum absolute atomic E-state index is 10.7. The molecule has 0 unspecified atom stereocenters. The summed E-state index contributed by atoms with van der Waals surface area (Å²) in [5, 5.41) is 10.7. The maximum atomic E-state index is 10.7. The van der Waals surface area contributed by atoms with Crippen molar-refractivity contribution in [1.82, 2.24) is 4.90 Å². The van der Waals surface area contributed by atoms with Gasteiger partial charge in [-0.3, -0.25) is 15.0 Å². The van der Waals surface area contributed by atoms with Crippen molar-refractivity contribution in [3.8, 4) is 5.75 Å². The van der Waals surface area contributed by atoms with Crippen LogP contribution in [0.15, 0.2) is 24.3 Å². The van der Waals surface area contributed by atoms with E-state index in [9.17, 15) is 10.1 Å². The lowest BCUT2D eigenvalue weighted by Gasteiger charge is -2.40. The number of nitro groups is 1. The van der Waals surface area contributed by atoms with Crippen LogP contribution in [-0.4, -0.2) is 34.6 Å². The smallest absolute Gasteiger partial charge is 0.273 e. The summed E-state index contributed by atoms with van der Waals surface area (Å²) in [4.78, 5) is 12.8. The molecule has 0 aliphatic carbocycles. The topological polar surface area (TPSA) is 55.6 Å². The molecule has 5 nitrogen and oxygen atoms in total. The van der Waals surface area contributed by atoms with Gasteiger partial charge in [-0.05, 0) is 39.7 Å². The summed E-state index contributed by atoms with van der Waals surface area (Å²) in [6.07, 6.45) is 2.07. The fourth-order valence-corrected chi connectivity index (χ4v) is 2.51. The van der Waals surface area contributed by atoms with E-state index >= 15 is 0 Å². The lowest BCUT2D eigenvalue weighted by Crippen LogP contribution is -2.48. The molecule has 0 saturated carbocycles. The van der Waals surface area contributed by atoms with Gasteiger partial charge in [0.05, 0.1) is 11.0 Å². The van der Waals surface area contributed by atoms with E-state index in [-0.39, 0.29) is 17.3 Å². The van der Waals surface area contributed by atoms with E-state index in [1.165, 1.54) is 12.1 Å². The summed E-state index contributed by atoms with van der Waals surface area (Å²) in [6, 6.07) is 6.42. The summed E-state index contributed by atoms with van der Waals surface area (Å²) in [5.41, 5.74) is 0.269. The maximum Gasteiger partial charge on any atom is 0.273 e. The molecule has 5 heteroatoms. The number of non-ortho nitro benzene ring substituents is 1. The van der Waals surface area contributed by atoms with Crippen LogP contribution in [0.2, 0.25) is 0 Å². The number of benzene rings is 1. The van der Waals surface area contributed by atoms with Crippen LogP contribution in [0.3, 0.4) is 0 Å². The number of nitrogens with zero attached hydrogens (tertiary/aromatic N) is 2. The Labute approximate surface area is 119 Å². The van der Waals surface area contributed by atoms with Gasteiger partial charge in [-0.15, -0.1) is 0 Å².